The summed E-state index contributed by atoms with van der Waals surface area (Å²) in [6, 6.07) is 63.9. The molecule has 0 N–H and O–H groups in total. The summed E-state index contributed by atoms with van der Waals surface area (Å²) in [5.74, 6) is -1.05. The van der Waals surface area contributed by atoms with Gasteiger partial charge < -0.3 is 4.90 Å². The fourth-order valence-corrected chi connectivity index (χ4v) is 7.13. The van der Waals surface area contributed by atoms with Gasteiger partial charge in [-0.15, -0.1) is 0 Å². The molecule has 272 valence electrons. The van der Waals surface area contributed by atoms with E-state index in [0.29, 0.717) is 50.3 Å². The van der Waals surface area contributed by atoms with Gasteiger partial charge in [-0.1, -0.05) is 182 Å². The third-order valence-electron chi connectivity index (χ3n) is 9.89. The Balaban J connectivity index is 1.29. The van der Waals surface area contributed by atoms with E-state index in [0.717, 1.165) is 11.3 Å². The van der Waals surface area contributed by atoms with E-state index >= 15 is 0 Å². The Morgan fingerprint density at radius 3 is 1.14 bits per heavy atom. The first-order valence-electron chi connectivity index (χ1n) is 18.6. The maximum Gasteiger partial charge on any atom is 0.195 e. The van der Waals surface area contributed by atoms with E-state index in [-0.39, 0.29) is 34.3 Å². The number of anilines is 3. The molecule has 0 aromatic heterocycles. The number of carbonyl (C=O) groups excluding carboxylic acids is 4. The van der Waals surface area contributed by atoms with Gasteiger partial charge in [-0.3, -0.25) is 19.2 Å². The van der Waals surface area contributed by atoms with Crippen LogP contribution in [0.3, 0.4) is 0 Å². The summed E-state index contributed by atoms with van der Waals surface area (Å²) in [6.45, 7) is 0. The Morgan fingerprint density at radius 1 is 0.298 bits per heavy atom. The number of para-hydroxylation sites is 1. The van der Waals surface area contributed by atoms with Gasteiger partial charge in [0.05, 0.1) is 11.3 Å². The summed E-state index contributed by atoms with van der Waals surface area (Å²) in [5.41, 5.74) is 6.41. The molecule has 0 saturated heterocycles. The van der Waals surface area contributed by atoms with Crippen molar-refractivity contribution in [1.29, 1.82) is 0 Å². The summed E-state index contributed by atoms with van der Waals surface area (Å²) in [6.07, 6.45) is 0. The van der Waals surface area contributed by atoms with Gasteiger partial charge in [0.2, 0.25) is 0 Å². The molecular formula is C52H35NO4. The largest absolute Gasteiger partial charge is 0.310 e. The van der Waals surface area contributed by atoms with Crippen molar-refractivity contribution in [3.63, 3.8) is 0 Å². The fourth-order valence-electron chi connectivity index (χ4n) is 7.13. The maximum atomic E-state index is 14.6. The van der Waals surface area contributed by atoms with Crippen LogP contribution in [0.1, 0.15) is 63.7 Å². The van der Waals surface area contributed by atoms with Crippen molar-refractivity contribution in [2.75, 3.05) is 4.90 Å². The molecule has 0 fully saturated rings. The van der Waals surface area contributed by atoms with Gasteiger partial charge in [-0.05, 0) is 41.5 Å². The number of hydrogen-bond acceptors (Lipinski definition) is 5. The normalized spacial score (nSPS) is 10.7. The lowest BCUT2D eigenvalue weighted by Crippen LogP contribution is -2.19. The van der Waals surface area contributed by atoms with Crippen LogP contribution < -0.4 is 4.90 Å². The van der Waals surface area contributed by atoms with E-state index in [2.05, 4.69) is 0 Å². The summed E-state index contributed by atoms with van der Waals surface area (Å²) in [7, 11) is 0. The van der Waals surface area contributed by atoms with Crippen LogP contribution in [-0.2, 0) is 0 Å². The number of rotatable bonds is 12. The van der Waals surface area contributed by atoms with E-state index in [9.17, 15) is 19.2 Å². The molecule has 0 aliphatic heterocycles. The van der Waals surface area contributed by atoms with Crippen molar-refractivity contribution in [1.82, 2.24) is 0 Å². The van der Waals surface area contributed by atoms with Gasteiger partial charge in [-0.2, -0.15) is 0 Å². The molecule has 8 aromatic rings. The van der Waals surface area contributed by atoms with E-state index in [1.807, 2.05) is 95.9 Å². The Hall–Kier alpha value is -7.76. The number of benzene rings is 8. The minimum Gasteiger partial charge on any atom is -0.310 e. The minimum atomic E-state index is -0.285. The zero-order valence-corrected chi connectivity index (χ0v) is 30.8. The smallest absolute Gasteiger partial charge is 0.195 e. The van der Waals surface area contributed by atoms with E-state index in [4.69, 9.17) is 0 Å². The molecule has 5 heteroatoms. The number of hydrogen-bond donors (Lipinski definition) is 0. The molecule has 8 rings (SSSR count). The van der Waals surface area contributed by atoms with Crippen LogP contribution in [0.15, 0.2) is 212 Å². The van der Waals surface area contributed by atoms with Crippen molar-refractivity contribution in [2.45, 2.75) is 0 Å². The molecule has 0 atom stereocenters. The monoisotopic (exact) mass is 737 g/mol. The van der Waals surface area contributed by atoms with Crippen molar-refractivity contribution < 1.29 is 19.2 Å². The molecule has 0 heterocycles. The Labute approximate surface area is 331 Å². The first-order valence-corrected chi connectivity index (χ1v) is 18.6. The van der Waals surface area contributed by atoms with E-state index < -0.39 is 0 Å². The molecule has 8 aromatic carbocycles. The highest BCUT2D eigenvalue weighted by Crippen LogP contribution is 2.40. The molecule has 57 heavy (non-hydrogen) atoms. The Kier molecular flexibility index (Phi) is 10.4. The Morgan fingerprint density at radius 2 is 0.667 bits per heavy atom. The predicted octanol–water partition coefficient (Wildman–Crippen LogP) is 11.7. The number of ketones is 4. The maximum absolute atomic E-state index is 14.6. The lowest BCUT2D eigenvalue weighted by Gasteiger charge is -2.28. The summed E-state index contributed by atoms with van der Waals surface area (Å²) in [4.78, 5) is 59.1. The molecule has 0 spiro atoms. The first-order chi connectivity index (χ1) is 28.0. The average Bonchev–Trinajstić information content (AvgIpc) is 3.29. The fraction of sp³-hybridized carbons (Fsp3) is 0. The zero-order valence-electron chi connectivity index (χ0n) is 30.8. The van der Waals surface area contributed by atoms with Gasteiger partial charge >= 0.3 is 0 Å². The van der Waals surface area contributed by atoms with Gasteiger partial charge in [0.25, 0.3) is 0 Å². The average molecular weight is 738 g/mol. The molecule has 0 saturated carbocycles. The predicted molar refractivity (Wildman–Crippen MR) is 226 cm³/mol. The highest BCUT2D eigenvalue weighted by molar-refractivity contribution is 6.23. The molecule has 5 nitrogen and oxygen atoms in total. The van der Waals surface area contributed by atoms with Crippen LogP contribution in [0.4, 0.5) is 17.1 Å². The highest BCUT2D eigenvalue weighted by atomic mass is 16.1. The molecule has 0 aliphatic carbocycles. The second kappa shape index (κ2) is 16.3. The molecule has 0 unspecified atom stereocenters. The van der Waals surface area contributed by atoms with Gasteiger partial charge in [0.1, 0.15) is 0 Å². The number of nitrogens with zero attached hydrogens (tertiary/aromatic N) is 1. The third-order valence-corrected chi connectivity index (χ3v) is 9.89. The van der Waals surface area contributed by atoms with Crippen molar-refractivity contribution in [3.05, 3.63) is 257 Å². The van der Waals surface area contributed by atoms with Crippen LogP contribution in [0, 0.1) is 0 Å². The standard InChI is InChI=1S/C52H35NO4/c54-49(37-18-6-1-7-19-37)44-29-16-28-43(47(44)51(56)39-22-10-3-11-23-39)36-32-34-42(35-33-36)53(41-26-14-5-15-27-41)46-31-17-30-45(50(55)38-20-8-2-9-21-38)48(46)52(57)40-24-12-4-13-25-40/h1-35H. The van der Waals surface area contributed by atoms with Crippen molar-refractivity contribution >= 4 is 40.2 Å². The summed E-state index contributed by atoms with van der Waals surface area (Å²) in [5, 5.41) is 0. The van der Waals surface area contributed by atoms with E-state index in [1.165, 1.54) is 0 Å². The van der Waals surface area contributed by atoms with Crippen LogP contribution in [0.5, 0.6) is 0 Å². The first kappa shape index (κ1) is 36.2. The molecule has 0 radical (unpaired) electrons. The summed E-state index contributed by atoms with van der Waals surface area (Å²) >= 11 is 0. The summed E-state index contributed by atoms with van der Waals surface area (Å²) < 4.78 is 0. The zero-order chi connectivity index (χ0) is 39.1. The van der Waals surface area contributed by atoms with Gasteiger partial charge in [-0.25, -0.2) is 0 Å². The molecule has 0 bridgehead atoms. The van der Waals surface area contributed by atoms with E-state index in [1.54, 1.807) is 121 Å². The second-order valence-electron chi connectivity index (χ2n) is 13.4. The highest BCUT2D eigenvalue weighted by Gasteiger charge is 2.28. The van der Waals surface area contributed by atoms with Crippen molar-refractivity contribution in [2.24, 2.45) is 0 Å². The van der Waals surface area contributed by atoms with Gasteiger partial charge in [0, 0.05) is 50.3 Å². The minimum absolute atomic E-state index is 0.246. The Bertz CT molecular complexity index is 2710. The van der Waals surface area contributed by atoms with Crippen LogP contribution >= 0.6 is 0 Å². The SMILES string of the molecule is O=C(c1ccccc1)c1cccc(-c2ccc(N(c3ccccc3)c3cccc(C(=O)c4ccccc4)c3C(=O)c3ccccc3)cc2)c1C(=O)c1ccccc1. The molecule has 0 amide bonds. The lowest BCUT2D eigenvalue weighted by atomic mass is 9.87. The third kappa shape index (κ3) is 7.38. The van der Waals surface area contributed by atoms with Gasteiger partial charge in [0.15, 0.2) is 23.1 Å². The number of carbonyl (C=O) groups is 4. The van der Waals surface area contributed by atoms with Crippen LogP contribution in [0.2, 0.25) is 0 Å². The lowest BCUT2D eigenvalue weighted by molar-refractivity contribution is 0.100. The van der Waals surface area contributed by atoms with Crippen molar-refractivity contribution in [3.8, 4) is 11.1 Å². The topological polar surface area (TPSA) is 71.5 Å². The van der Waals surface area contributed by atoms with Crippen LogP contribution in [-0.4, -0.2) is 23.1 Å². The van der Waals surface area contributed by atoms with Crippen LogP contribution in [0.25, 0.3) is 11.1 Å². The molecular weight excluding hydrogens is 703 g/mol. The quantitative estimate of drug-likeness (QED) is 0.117. The second-order valence-corrected chi connectivity index (χ2v) is 13.4. The molecule has 0 aliphatic rings.